The third-order valence-corrected chi connectivity index (χ3v) is 2.66. The van der Waals surface area contributed by atoms with Crippen LogP contribution < -0.4 is 0 Å². The summed E-state index contributed by atoms with van der Waals surface area (Å²) in [4.78, 5) is 22.5. The van der Waals surface area contributed by atoms with E-state index in [2.05, 4.69) is 79.7 Å². The molecule has 1 aromatic carbocycles. The van der Waals surface area contributed by atoms with Crippen molar-refractivity contribution in [2.45, 2.75) is 13.3 Å². The normalized spacial score (nSPS) is 11.3. The average Bonchev–Trinajstić information content (AvgIpc) is 2.92. The third-order valence-electron chi connectivity index (χ3n) is 2.28. The molecule has 6 radical (unpaired) electrons. The van der Waals surface area contributed by atoms with E-state index in [1.807, 2.05) is 0 Å². The number of hydrogen-bond acceptors (Lipinski definition) is 3. The fourth-order valence-electron chi connectivity index (χ4n) is 1.57. The molecule has 1 aliphatic carbocycles. The van der Waals surface area contributed by atoms with Crippen molar-refractivity contribution in [2.24, 2.45) is 0 Å². The molecule has 0 heterocycles. The van der Waals surface area contributed by atoms with Gasteiger partial charge in [0.2, 0.25) is 0 Å². The Morgan fingerprint density at radius 2 is 1.53 bits per heavy atom. The molecule has 4 heteroatoms. The van der Waals surface area contributed by atoms with Crippen LogP contribution in [0.25, 0.3) is 5.57 Å². The van der Waals surface area contributed by atoms with Gasteiger partial charge in [-0.15, -0.1) is 0 Å². The van der Waals surface area contributed by atoms with Crippen LogP contribution in [0.5, 0.6) is 0 Å². The van der Waals surface area contributed by atoms with Gasteiger partial charge in [0.05, 0.1) is 0 Å². The summed E-state index contributed by atoms with van der Waals surface area (Å²) >= 11 is 3.95. The molecule has 1 aromatic rings. The molecule has 0 aliphatic heterocycles. The van der Waals surface area contributed by atoms with Gasteiger partial charge >= 0.3 is 86.9 Å². The Bertz CT molecular complexity index is 434. The minimum atomic E-state index is 1.00. The van der Waals surface area contributed by atoms with Gasteiger partial charge in [0.25, 0.3) is 20.4 Å². The molecule has 0 N–H and O–H groups in total. The summed E-state index contributed by atoms with van der Waals surface area (Å²) in [7, 11) is 0. The van der Waals surface area contributed by atoms with E-state index in [0.717, 1.165) is 6.42 Å². The van der Waals surface area contributed by atoms with Crippen LogP contribution >= 0.6 is 0 Å². The van der Waals surface area contributed by atoms with E-state index in [4.69, 9.17) is 14.4 Å². The largest absolute Gasteiger partial charge is 0.281 e. The van der Waals surface area contributed by atoms with Crippen LogP contribution in [0.3, 0.4) is 0 Å². The first kappa shape index (κ1) is 19.6. The predicted octanol–water partition coefficient (Wildman–Crippen LogP) is 2.02. The molecule has 0 spiro atoms. The maximum Gasteiger partial charge on any atom is 0.281 e. The minimum absolute atomic E-state index is 1.00. The van der Waals surface area contributed by atoms with Gasteiger partial charge in [-0.05, 0) is 0 Å². The Morgan fingerprint density at radius 3 is 1.95 bits per heavy atom. The summed E-state index contributed by atoms with van der Waals surface area (Å²) in [5, 5.41) is 0. The zero-order valence-corrected chi connectivity index (χ0v) is 11.4. The first-order valence-electron chi connectivity index (χ1n) is 4.99. The second-order valence-electron chi connectivity index (χ2n) is 3.25. The number of allylic oxidation sites excluding steroid dienone is 4. The van der Waals surface area contributed by atoms with Crippen molar-refractivity contribution in [3.8, 4) is 0 Å². The molecule has 0 saturated carbocycles. The molecule has 3 nitrogen and oxygen atoms in total. The monoisotopic (exact) mass is 295 g/mol. The van der Waals surface area contributed by atoms with Crippen molar-refractivity contribution in [1.82, 2.24) is 0 Å². The third kappa shape index (κ3) is 6.65. The van der Waals surface area contributed by atoms with Crippen molar-refractivity contribution in [3.63, 3.8) is 0 Å². The van der Waals surface area contributed by atoms with Crippen molar-refractivity contribution in [1.29, 1.82) is 0 Å². The fraction of sp³-hybridized carbons (Fsp3) is 0.133. The molecule has 0 atom stereocenters. The summed E-state index contributed by atoms with van der Waals surface area (Å²) in [6.45, 7) is 15.6. The van der Waals surface area contributed by atoms with E-state index in [1.165, 1.54) is 21.2 Å². The van der Waals surface area contributed by atoms with Crippen LogP contribution in [-0.4, -0.2) is 20.4 Å². The van der Waals surface area contributed by atoms with Crippen LogP contribution in [0.1, 0.15) is 17.5 Å². The van der Waals surface area contributed by atoms with Gasteiger partial charge in [-0.1, -0.05) is 0 Å². The van der Waals surface area contributed by atoms with E-state index in [0.29, 0.717) is 0 Å². The van der Waals surface area contributed by atoms with Crippen LogP contribution in [-0.2, 0) is 30.4 Å². The number of benzene rings is 1. The van der Waals surface area contributed by atoms with Crippen LogP contribution in [0.2, 0.25) is 0 Å². The Kier molecular flexibility index (Phi) is 13.1. The van der Waals surface area contributed by atoms with Crippen LogP contribution in [0.4, 0.5) is 0 Å². The Morgan fingerprint density at radius 1 is 1.00 bits per heavy atom. The van der Waals surface area contributed by atoms with E-state index in [9.17, 15) is 0 Å². The summed E-state index contributed by atoms with van der Waals surface area (Å²) in [5.41, 5.74) is 3.99. The number of hydrogen-bond donors (Lipinski definition) is 0. The van der Waals surface area contributed by atoms with Crippen LogP contribution in [0.15, 0.2) is 40.9 Å². The molecule has 0 aromatic heterocycles. The maximum atomic E-state index is 7.50. The maximum absolute atomic E-state index is 7.50. The van der Waals surface area contributed by atoms with Crippen molar-refractivity contribution >= 4 is 25.9 Å². The van der Waals surface area contributed by atoms with E-state index < -0.39 is 0 Å². The molecule has 0 fully saturated rings. The Hall–Kier alpha value is -1.77. The van der Waals surface area contributed by atoms with Crippen LogP contribution in [0, 0.1) is 6.92 Å². The summed E-state index contributed by atoms with van der Waals surface area (Å²) < 4.78 is 1.21. The fourth-order valence-corrected chi connectivity index (χ4v) is 1.86. The molecule has 2 rings (SSSR count). The summed E-state index contributed by atoms with van der Waals surface area (Å²) in [6, 6.07) is 8.46. The summed E-state index contributed by atoms with van der Waals surface area (Å²) in [5.74, 6) is 0. The molecule has 97 valence electrons. The molecule has 0 bridgehead atoms. The SMILES string of the molecule is Cc1ccccc1C1=CC[C]([Fe])=C1.[C]=O.[C]=O.[C]=O. The Labute approximate surface area is 122 Å². The quantitative estimate of drug-likeness (QED) is 0.745. The van der Waals surface area contributed by atoms with Gasteiger partial charge in [0.1, 0.15) is 0 Å². The zero-order chi connectivity index (χ0) is 15.3. The van der Waals surface area contributed by atoms with Gasteiger partial charge in [0, 0.05) is 0 Å². The number of carbonyl (C=O) groups excluding carboxylic acids is 3. The first-order chi connectivity index (χ1) is 9.27. The van der Waals surface area contributed by atoms with E-state index >= 15 is 0 Å². The molecule has 0 unspecified atom stereocenters. The number of aryl methyl sites for hydroxylation is 1. The van der Waals surface area contributed by atoms with Gasteiger partial charge in [-0.3, -0.25) is 14.4 Å². The molecule has 0 saturated heterocycles. The van der Waals surface area contributed by atoms with E-state index in [1.54, 1.807) is 0 Å². The van der Waals surface area contributed by atoms with Crippen molar-refractivity contribution < 1.29 is 30.4 Å². The van der Waals surface area contributed by atoms with Crippen molar-refractivity contribution in [3.05, 3.63) is 52.0 Å². The first-order valence-corrected chi connectivity index (χ1v) is 5.55. The average molecular weight is 295 g/mol. The van der Waals surface area contributed by atoms with Gasteiger partial charge < -0.3 is 0 Å². The minimum Gasteiger partial charge on any atom is -0.281 e. The van der Waals surface area contributed by atoms with Gasteiger partial charge in [-0.25, -0.2) is 0 Å². The standard InChI is InChI=1S/C12H11.3CO.Fe/c1-10-6-2-5-9-12(10)11-7-3-4-8-11;3*1-2;/h2,5-9H,3H2,1H3;;;;. The molecular weight excluding hydrogens is 284 g/mol. The predicted molar refractivity (Wildman–Crippen MR) is 68.9 cm³/mol. The topological polar surface area (TPSA) is 51.2 Å². The second-order valence-corrected chi connectivity index (χ2v) is 3.96. The molecule has 1 aliphatic rings. The second kappa shape index (κ2) is 12.7. The van der Waals surface area contributed by atoms with Gasteiger partial charge in [-0.2, -0.15) is 0 Å². The smallest absolute Gasteiger partial charge is 0.281 e. The molecule has 19 heavy (non-hydrogen) atoms. The molecule has 0 amide bonds. The Balaban J connectivity index is 0. The van der Waals surface area contributed by atoms with E-state index in [-0.39, 0.29) is 0 Å². The zero-order valence-electron chi connectivity index (χ0n) is 10.2. The number of rotatable bonds is 1. The summed E-state index contributed by atoms with van der Waals surface area (Å²) in [6.07, 6.45) is 5.41. The van der Waals surface area contributed by atoms with Gasteiger partial charge in [0.15, 0.2) is 0 Å². The van der Waals surface area contributed by atoms with Crippen molar-refractivity contribution in [2.75, 3.05) is 0 Å². The molecular formula is C15H11FeO3.